The largest absolute Gasteiger partial charge is 0.394 e. The number of nitrogen functional groups attached to an aromatic ring is 2. The van der Waals surface area contributed by atoms with Crippen molar-refractivity contribution >= 4 is 11.4 Å². The molecule has 0 aromatic heterocycles. The normalized spacial score (nSPS) is 31.1. The van der Waals surface area contributed by atoms with Crippen molar-refractivity contribution in [1.29, 1.82) is 0 Å². The van der Waals surface area contributed by atoms with Crippen LogP contribution in [0.4, 0.5) is 50.9 Å². The van der Waals surface area contributed by atoms with Gasteiger partial charge in [0.15, 0.2) is 23.3 Å². The minimum atomic E-state index is -2.39. The van der Waals surface area contributed by atoms with Crippen molar-refractivity contribution < 1.29 is 39.5 Å². The van der Waals surface area contributed by atoms with Crippen LogP contribution in [0, 0.1) is 40.8 Å². The van der Waals surface area contributed by atoms with Gasteiger partial charge >= 0.3 is 0 Å². The Bertz CT molecular complexity index is 1420. The molecule has 0 heterocycles. The van der Waals surface area contributed by atoms with Crippen LogP contribution in [-0.4, -0.2) is 12.2 Å². The van der Waals surface area contributed by atoms with E-state index in [1.54, 1.807) is 0 Å². The van der Waals surface area contributed by atoms with E-state index in [-0.39, 0.29) is 31.7 Å². The van der Waals surface area contributed by atoms with Gasteiger partial charge in [-0.25, -0.2) is 39.5 Å². The molecule has 3 nitrogen and oxygen atoms in total. The number of alkyl halides is 1. The molecule has 204 valence electrons. The molecule has 0 saturated heterocycles. The predicted octanol–water partition coefficient (Wildman–Crippen LogP) is 6.21. The number of hydrogen-bond acceptors (Lipinski definition) is 3. The minimum absolute atomic E-state index is 0.00555. The summed E-state index contributed by atoms with van der Waals surface area (Å²) in [7, 11) is 0. The van der Waals surface area contributed by atoms with E-state index in [1.807, 2.05) is 0 Å². The summed E-state index contributed by atoms with van der Waals surface area (Å²) in [4.78, 5) is 0. The Kier molecular flexibility index (Phi) is 6.05. The van der Waals surface area contributed by atoms with Gasteiger partial charge in [0.2, 0.25) is 0 Å². The maximum atomic E-state index is 15.6. The molecule has 3 aliphatic rings. The van der Waals surface area contributed by atoms with Gasteiger partial charge in [-0.2, -0.15) is 0 Å². The third kappa shape index (κ3) is 3.55. The summed E-state index contributed by atoms with van der Waals surface area (Å²) in [6.45, 7) is 0. The Labute approximate surface area is 211 Å². The van der Waals surface area contributed by atoms with E-state index in [0.29, 0.717) is 12.1 Å². The summed E-state index contributed by atoms with van der Waals surface area (Å²) >= 11 is 0. The second-order valence-corrected chi connectivity index (χ2v) is 10.4. The molecule has 3 aliphatic carbocycles. The summed E-state index contributed by atoms with van der Waals surface area (Å²) in [5.74, 6) is -12.6. The Morgan fingerprint density at radius 1 is 0.763 bits per heavy atom. The van der Waals surface area contributed by atoms with Crippen molar-refractivity contribution in [3.05, 3.63) is 81.5 Å². The molecule has 0 aliphatic heterocycles. The molecule has 0 radical (unpaired) electrons. The highest BCUT2D eigenvalue weighted by molar-refractivity contribution is 5.58. The maximum Gasteiger partial charge on any atom is 0.156 e. The van der Waals surface area contributed by atoms with Gasteiger partial charge in [0, 0.05) is 39.7 Å². The van der Waals surface area contributed by atoms with Gasteiger partial charge in [0.05, 0.1) is 6.04 Å². The SMILES string of the molecule is Nc1c(F)cc(F)c(C23CCC(C2)CC(C2=C(F)C(N)C(F)C=C2F)(c2c(F)cc(F)c(N)c2F)C3)c1F. The minimum Gasteiger partial charge on any atom is -0.394 e. The lowest BCUT2D eigenvalue weighted by Gasteiger charge is -2.49. The fourth-order valence-corrected chi connectivity index (χ4v) is 6.88. The Morgan fingerprint density at radius 3 is 1.92 bits per heavy atom. The first kappa shape index (κ1) is 26.5. The molecular formula is C26H22F9N3. The number of rotatable bonds is 3. The topological polar surface area (TPSA) is 78.1 Å². The highest BCUT2D eigenvalue weighted by Gasteiger charge is 2.60. The number of halogens is 9. The van der Waals surface area contributed by atoms with E-state index in [1.165, 1.54) is 0 Å². The second-order valence-electron chi connectivity index (χ2n) is 10.4. The Balaban J connectivity index is 1.86. The Morgan fingerprint density at radius 2 is 1.32 bits per heavy atom. The fraction of sp³-hybridized carbons (Fsp3) is 0.385. The smallest absolute Gasteiger partial charge is 0.156 e. The van der Waals surface area contributed by atoms with Crippen molar-refractivity contribution in [2.75, 3.05) is 11.5 Å². The molecule has 0 amide bonds. The average Bonchev–Trinajstić information content (AvgIpc) is 3.14. The van der Waals surface area contributed by atoms with Gasteiger partial charge in [0.1, 0.15) is 40.8 Å². The van der Waals surface area contributed by atoms with Crippen LogP contribution in [-0.2, 0) is 10.8 Å². The molecule has 2 saturated carbocycles. The van der Waals surface area contributed by atoms with E-state index in [0.717, 1.165) is 0 Å². The summed E-state index contributed by atoms with van der Waals surface area (Å²) in [6.07, 6.45) is -2.86. The molecule has 2 bridgehead atoms. The van der Waals surface area contributed by atoms with Crippen molar-refractivity contribution in [2.24, 2.45) is 11.7 Å². The fourth-order valence-electron chi connectivity index (χ4n) is 6.88. The highest BCUT2D eigenvalue weighted by Crippen LogP contribution is 2.65. The van der Waals surface area contributed by atoms with E-state index >= 15 is 26.3 Å². The van der Waals surface area contributed by atoms with Crippen LogP contribution in [0.1, 0.15) is 43.2 Å². The summed E-state index contributed by atoms with van der Waals surface area (Å²) in [6, 6.07) is -1.46. The number of hydrogen-bond donors (Lipinski definition) is 3. The lowest BCUT2D eigenvalue weighted by Crippen LogP contribution is -2.47. The zero-order chi connectivity index (χ0) is 27.9. The monoisotopic (exact) mass is 547 g/mol. The van der Waals surface area contributed by atoms with E-state index in [2.05, 4.69) is 0 Å². The van der Waals surface area contributed by atoms with E-state index in [4.69, 9.17) is 17.2 Å². The van der Waals surface area contributed by atoms with Gasteiger partial charge in [-0.15, -0.1) is 0 Å². The van der Waals surface area contributed by atoms with Crippen LogP contribution in [0.3, 0.4) is 0 Å². The first-order chi connectivity index (χ1) is 17.7. The summed E-state index contributed by atoms with van der Waals surface area (Å²) in [5.41, 5.74) is 7.59. The molecule has 12 heteroatoms. The van der Waals surface area contributed by atoms with Crippen molar-refractivity contribution in [1.82, 2.24) is 0 Å². The third-order valence-electron chi connectivity index (χ3n) is 8.31. The van der Waals surface area contributed by atoms with E-state index in [9.17, 15) is 13.2 Å². The molecule has 2 fully saturated rings. The number of nitrogens with two attached hydrogens (primary N) is 3. The van der Waals surface area contributed by atoms with E-state index < -0.39 is 110 Å². The lowest BCUT2D eigenvalue weighted by molar-refractivity contribution is 0.186. The van der Waals surface area contributed by atoms with Crippen molar-refractivity contribution in [3.8, 4) is 0 Å². The third-order valence-corrected chi connectivity index (χ3v) is 8.31. The zero-order valence-corrected chi connectivity index (χ0v) is 19.6. The molecule has 2 aromatic rings. The van der Waals surface area contributed by atoms with Crippen LogP contribution in [0.25, 0.3) is 0 Å². The Hall–Kier alpha value is -3.15. The lowest BCUT2D eigenvalue weighted by atomic mass is 9.54. The molecule has 5 atom stereocenters. The first-order valence-electron chi connectivity index (χ1n) is 11.8. The molecule has 2 aromatic carbocycles. The quantitative estimate of drug-likeness (QED) is 0.316. The zero-order valence-electron chi connectivity index (χ0n) is 19.6. The van der Waals surface area contributed by atoms with Gasteiger partial charge in [0.25, 0.3) is 0 Å². The highest BCUT2D eigenvalue weighted by atomic mass is 19.2. The molecule has 0 spiro atoms. The van der Waals surface area contributed by atoms with Gasteiger partial charge in [-0.05, 0) is 44.1 Å². The predicted molar refractivity (Wildman–Crippen MR) is 122 cm³/mol. The first-order valence-corrected chi connectivity index (χ1v) is 11.8. The number of fused-ring (bicyclic) bond motifs is 2. The van der Waals surface area contributed by atoms with Crippen LogP contribution in [0.2, 0.25) is 0 Å². The van der Waals surface area contributed by atoms with Crippen molar-refractivity contribution in [2.45, 2.75) is 55.1 Å². The number of allylic oxidation sites excluding steroid dienone is 2. The van der Waals surface area contributed by atoms with Gasteiger partial charge in [-0.1, -0.05) is 0 Å². The van der Waals surface area contributed by atoms with Crippen LogP contribution in [0.5, 0.6) is 0 Å². The van der Waals surface area contributed by atoms with Gasteiger partial charge in [-0.3, -0.25) is 0 Å². The molecule has 6 N–H and O–H groups in total. The standard InChI is InChI=1S/C26H22F9N3/c27-10-3-13(30)22(36)19(33)16(10)25-2-1-9(6-25)7-26(8-25,17-11(28)4-14(31)23(37)20(17)34)18-12(29)5-15(32)24(38)21(18)35/h3-5,9,14,23H,1-2,6-8,36-38H2. The van der Waals surface area contributed by atoms with Crippen LogP contribution < -0.4 is 17.2 Å². The molecular weight excluding hydrogens is 525 g/mol. The molecule has 5 unspecified atom stereocenters. The molecule has 5 rings (SSSR count). The average molecular weight is 547 g/mol. The van der Waals surface area contributed by atoms with Crippen molar-refractivity contribution in [3.63, 3.8) is 0 Å². The number of anilines is 2. The van der Waals surface area contributed by atoms with Gasteiger partial charge < -0.3 is 17.2 Å². The summed E-state index contributed by atoms with van der Waals surface area (Å²) < 4.78 is 135. The number of benzene rings is 2. The maximum absolute atomic E-state index is 15.6. The van der Waals surface area contributed by atoms with Crippen LogP contribution >= 0.6 is 0 Å². The van der Waals surface area contributed by atoms with Crippen LogP contribution in [0.15, 0.2) is 35.4 Å². The molecule has 38 heavy (non-hydrogen) atoms. The second kappa shape index (κ2) is 8.69. The summed E-state index contributed by atoms with van der Waals surface area (Å²) in [5, 5.41) is 0.